The minimum absolute atomic E-state index is 0. The molecule has 0 N–H and O–H groups in total. The molecule has 0 saturated carbocycles. The van der Waals surface area contributed by atoms with Crippen LogP contribution in [-0.2, 0) is 28.9 Å². The first-order chi connectivity index (χ1) is 6.61. The number of thiol groups is 1. The summed E-state index contributed by atoms with van der Waals surface area (Å²) in [6.07, 6.45) is 0. The van der Waals surface area contributed by atoms with Crippen molar-refractivity contribution in [1.82, 2.24) is 0 Å². The molecule has 0 heterocycles. The van der Waals surface area contributed by atoms with Crippen LogP contribution in [0.15, 0.2) is 54.6 Å². The third kappa shape index (κ3) is 6.34. The molecule has 2 aromatic carbocycles. The zero-order chi connectivity index (χ0) is 10.4. The number of halogens is 1. The second kappa shape index (κ2) is 7.43. The van der Waals surface area contributed by atoms with Gasteiger partial charge in [-0.15, -0.1) is 12.2 Å². The average Bonchev–Trinajstić information content (AvgIpc) is 2.80. The summed E-state index contributed by atoms with van der Waals surface area (Å²) in [7, 11) is 0. The summed E-state index contributed by atoms with van der Waals surface area (Å²) in [5.41, 5.74) is -2.94. The second-order valence-electron chi connectivity index (χ2n) is 2.61. The van der Waals surface area contributed by atoms with Gasteiger partial charge in [0.15, 0.2) is 0 Å². The van der Waals surface area contributed by atoms with Gasteiger partial charge in [0.2, 0.25) is 0 Å². The predicted octanol–water partition coefficient (Wildman–Crippen LogP) is 3.64. The normalized spacial score (nSPS) is 12.9. The molecular weight excluding hydrogens is 290 g/mol. The smallest absolute Gasteiger partial charge is 0.215 e. The molecule has 0 nitrogen and oxygen atoms in total. The van der Waals surface area contributed by atoms with E-state index in [1.54, 1.807) is 24.3 Å². The van der Waals surface area contributed by atoms with Crippen LogP contribution in [0.1, 0.15) is 0 Å². The van der Waals surface area contributed by atoms with Crippen LogP contribution in [0.3, 0.4) is 0 Å². The van der Waals surface area contributed by atoms with Crippen molar-refractivity contribution in [3.05, 3.63) is 54.6 Å². The Hall–Kier alpha value is 0.149. The van der Waals surface area contributed by atoms with Gasteiger partial charge < -0.3 is 0 Å². The van der Waals surface area contributed by atoms with Crippen molar-refractivity contribution in [2.75, 3.05) is 0 Å². The molecule has 1 unspecified atom stereocenters. The van der Waals surface area contributed by atoms with Crippen molar-refractivity contribution in [1.29, 1.82) is 0 Å². The quantitative estimate of drug-likeness (QED) is 0.363. The van der Waals surface area contributed by atoms with Crippen LogP contribution >= 0.6 is 17.8 Å². The molecule has 0 aliphatic rings. The summed E-state index contributed by atoms with van der Waals surface area (Å²) >= 11 is 8.18. The van der Waals surface area contributed by atoms with Gasteiger partial charge in [-0.1, -0.05) is 17.1 Å². The molecule has 0 spiro atoms. The fourth-order valence-electron chi connectivity index (χ4n) is 0.868. The molecule has 0 fully saturated rings. The fraction of sp³-hybridized carbons (Fsp3) is 0. The minimum atomic E-state index is -2.94. The van der Waals surface area contributed by atoms with Crippen molar-refractivity contribution in [2.45, 2.75) is 0 Å². The molecular formula is C10H10FFePS2. The molecule has 0 saturated heterocycles. The summed E-state index contributed by atoms with van der Waals surface area (Å²) in [6.45, 7) is 0. The molecule has 0 radical (unpaired) electrons. The molecule has 0 aliphatic carbocycles. The molecule has 0 bridgehead atoms. The van der Waals surface area contributed by atoms with Crippen molar-refractivity contribution in [3.8, 4) is 0 Å². The third-order valence-electron chi connectivity index (χ3n) is 1.52. The Morgan fingerprint density at radius 2 is 1.60 bits per heavy atom. The zero-order valence-corrected chi connectivity index (χ0v) is 11.4. The van der Waals surface area contributed by atoms with E-state index in [1.807, 2.05) is 30.3 Å². The summed E-state index contributed by atoms with van der Waals surface area (Å²) < 4.78 is 12.7. The summed E-state index contributed by atoms with van der Waals surface area (Å²) in [6, 6.07) is 16.8. The minimum Gasteiger partial charge on any atom is -0.215 e. The van der Waals surface area contributed by atoms with Crippen molar-refractivity contribution < 1.29 is 21.3 Å². The maximum absolute atomic E-state index is 12.7. The van der Waals surface area contributed by atoms with E-state index in [0.29, 0.717) is 5.30 Å². The fourth-order valence-corrected chi connectivity index (χ4v) is 2.17. The van der Waals surface area contributed by atoms with E-state index in [-0.39, 0.29) is 17.1 Å². The van der Waals surface area contributed by atoms with Crippen LogP contribution in [0.4, 0.5) is 4.20 Å². The van der Waals surface area contributed by atoms with Gasteiger partial charge in [-0.25, -0.2) is 28.5 Å². The molecule has 0 aromatic heterocycles. The average molecular weight is 300 g/mol. The SMILES string of the molecule is FP(=S)(S)[c-]1cccc1.[Fe+2].c1cc[cH-]c1. The maximum Gasteiger partial charge on any atom is 2.00 e. The van der Waals surface area contributed by atoms with E-state index >= 15 is 0 Å². The van der Waals surface area contributed by atoms with Crippen molar-refractivity contribution in [2.24, 2.45) is 0 Å². The monoisotopic (exact) mass is 300 g/mol. The molecule has 15 heavy (non-hydrogen) atoms. The van der Waals surface area contributed by atoms with Crippen molar-refractivity contribution >= 4 is 34.9 Å². The Bertz CT molecular complexity index is 360. The van der Waals surface area contributed by atoms with E-state index in [1.165, 1.54) is 0 Å². The van der Waals surface area contributed by atoms with E-state index in [9.17, 15) is 4.20 Å². The van der Waals surface area contributed by atoms with Crippen molar-refractivity contribution in [3.63, 3.8) is 0 Å². The van der Waals surface area contributed by atoms with Crippen LogP contribution in [0.5, 0.6) is 0 Å². The molecule has 1 atom stereocenters. The van der Waals surface area contributed by atoms with E-state index in [4.69, 9.17) is 0 Å². The summed E-state index contributed by atoms with van der Waals surface area (Å²) in [4.78, 5) is 0. The Labute approximate surface area is 110 Å². The Morgan fingerprint density at radius 3 is 1.80 bits per heavy atom. The van der Waals surface area contributed by atoms with E-state index in [0.717, 1.165) is 0 Å². The second-order valence-corrected chi connectivity index (χ2v) is 8.10. The van der Waals surface area contributed by atoms with Gasteiger partial charge in [-0.2, -0.15) is 30.3 Å². The predicted molar refractivity (Wildman–Crippen MR) is 68.1 cm³/mol. The molecule has 2 rings (SSSR count). The van der Waals surface area contributed by atoms with Gasteiger partial charge >= 0.3 is 17.1 Å². The van der Waals surface area contributed by atoms with Crippen LogP contribution in [0, 0.1) is 0 Å². The molecule has 82 valence electrons. The van der Waals surface area contributed by atoms with Gasteiger partial charge in [0.25, 0.3) is 0 Å². The molecule has 5 heteroatoms. The molecule has 2 aromatic rings. The van der Waals surface area contributed by atoms with Gasteiger partial charge in [-0.3, -0.25) is 0 Å². The van der Waals surface area contributed by atoms with Gasteiger partial charge in [0.05, 0.1) is 0 Å². The van der Waals surface area contributed by atoms with Gasteiger partial charge in [-0.05, 0) is 0 Å². The first-order valence-corrected chi connectivity index (χ1v) is 7.87. The molecule has 0 amide bonds. The first-order valence-electron chi connectivity index (χ1n) is 4.02. The topological polar surface area (TPSA) is 0 Å². The third-order valence-corrected chi connectivity index (χ3v) is 3.78. The Balaban J connectivity index is 0.000000280. The zero-order valence-electron chi connectivity index (χ0n) is 7.73. The number of hydrogen-bond acceptors (Lipinski definition) is 1. The van der Waals surface area contributed by atoms with Crippen LogP contribution in [0.2, 0.25) is 0 Å². The Kier molecular flexibility index (Phi) is 7.50. The van der Waals surface area contributed by atoms with Crippen LogP contribution in [-0.4, -0.2) is 0 Å². The largest absolute Gasteiger partial charge is 2.00 e. The van der Waals surface area contributed by atoms with E-state index < -0.39 is 5.55 Å². The first kappa shape index (κ1) is 15.1. The van der Waals surface area contributed by atoms with Gasteiger partial charge in [0, 0.05) is 0 Å². The van der Waals surface area contributed by atoms with Crippen LogP contribution < -0.4 is 5.30 Å². The Morgan fingerprint density at radius 1 is 1.13 bits per heavy atom. The summed E-state index contributed by atoms with van der Waals surface area (Å²) in [5, 5.41) is 0.542. The summed E-state index contributed by atoms with van der Waals surface area (Å²) in [5.74, 6) is 0. The molecule has 0 aliphatic heterocycles. The maximum atomic E-state index is 12.7. The number of hydrogen-bond donors (Lipinski definition) is 1. The number of rotatable bonds is 1. The van der Waals surface area contributed by atoms with Gasteiger partial charge in [0.1, 0.15) is 5.55 Å². The van der Waals surface area contributed by atoms with Crippen LogP contribution in [0.25, 0.3) is 0 Å². The standard InChI is InChI=1S/C5H5FPS2.C5H5.Fe/c6-7(8,9)5-3-1-2-4-5;1-2-4-5-3-1;/h1-4H,(H,8,9);1-5H;/q2*-1;+2. The van der Waals surface area contributed by atoms with E-state index in [2.05, 4.69) is 24.1 Å².